The highest BCUT2D eigenvalue weighted by molar-refractivity contribution is 5.29. The van der Waals surface area contributed by atoms with Crippen LogP contribution in [0.1, 0.15) is 31.7 Å². The van der Waals surface area contributed by atoms with Crippen molar-refractivity contribution in [3.8, 4) is 5.75 Å². The number of hydrogen-bond donors (Lipinski definition) is 1. The number of ether oxygens (including phenoxy) is 1. The second-order valence-corrected chi connectivity index (χ2v) is 5.79. The number of rotatable bonds is 5. The van der Waals surface area contributed by atoms with E-state index in [-0.39, 0.29) is 23.6 Å². The molecule has 0 bridgehead atoms. The highest BCUT2D eigenvalue weighted by atomic mass is 19.1. The number of aliphatic hydroxyl groups is 1. The number of piperidine rings is 1. The number of hydrogen-bond acceptors (Lipinski definition) is 3. The van der Waals surface area contributed by atoms with Crippen molar-refractivity contribution in [3.05, 3.63) is 29.6 Å². The van der Waals surface area contributed by atoms with Crippen molar-refractivity contribution in [2.45, 2.75) is 32.7 Å². The van der Waals surface area contributed by atoms with E-state index in [4.69, 9.17) is 4.74 Å². The van der Waals surface area contributed by atoms with Crippen molar-refractivity contribution in [2.24, 2.45) is 5.41 Å². The van der Waals surface area contributed by atoms with Crippen molar-refractivity contribution in [3.63, 3.8) is 0 Å². The molecule has 1 heterocycles. The van der Waals surface area contributed by atoms with Gasteiger partial charge in [0, 0.05) is 25.1 Å². The Kier molecular flexibility index (Phi) is 5.00. The molecule has 1 unspecified atom stereocenters. The molecular formula is C16H24FNO2. The number of benzene rings is 1. The fourth-order valence-electron chi connectivity index (χ4n) is 3.04. The number of methoxy groups -OCH3 is 1. The Labute approximate surface area is 120 Å². The van der Waals surface area contributed by atoms with Gasteiger partial charge in [-0.3, -0.25) is 4.90 Å². The molecule has 4 heteroatoms. The van der Waals surface area contributed by atoms with Crippen LogP contribution in [-0.2, 0) is 6.54 Å². The lowest BCUT2D eigenvalue weighted by Crippen LogP contribution is -2.44. The van der Waals surface area contributed by atoms with Crippen molar-refractivity contribution in [1.82, 2.24) is 4.90 Å². The first-order valence-electron chi connectivity index (χ1n) is 7.28. The lowest BCUT2D eigenvalue weighted by atomic mass is 9.78. The van der Waals surface area contributed by atoms with Crippen LogP contribution in [0.25, 0.3) is 0 Å². The first kappa shape index (κ1) is 15.3. The van der Waals surface area contributed by atoms with E-state index >= 15 is 0 Å². The van der Waals surface area contributed by atoms with Gasteiger partial charge >= 0.3 is 0 Å². The maximum absolute atomic E-state index is 13.7. The van der Waals surface area contributed by atoms with Crippen LogP contribution in [0.15, 0.2) is 18.2 Å². The molecule has 1 aromatic carbocycles. The third kappa shape index (κ3) is 3.30. The zero-order chi connectivity index (χ0) is 14.6. The molecule has 3 nitrogen and oxygen atoms in total. The summed E-state index contributed by atoms with van der Waals surface area (Å²) in [5.41, 5.74) is 0.969. The summed E-state index contributed by atoms with van der Waals surface area (Å²) >= 11 is 0. The van der Waals surface area contributed by atoms with Gasteiger partial charge in [0.05, 0.1) is 7.11 Å². The Morgan fingerprint density at radius 1 is 1.45 bits per heavy atom. The van der Waals surface area contributed by atoms with Gasteiger partial charge < -0.3 is 9.84 Å². The van der Waals surface area contributed by atoms with Crippen LogP contribution in [0.2, 0.25) is 0 Å². The van der Waals surface area contributed by atoms with E-state index in [1.807, 2.05) is 6.07 Å². The van der Waals surface area contributed by atoms with E-state index in [0.29, 0.717) is 0 Å². The van der Waals surface area contributed by atoms with E-state index in [1.165, 1.54) is 7.11 Å². The maximum atomic E-state index is 13.7. The second kappa shape index (κ2) is 6.55. The summed E-state index contributed by atoms with van der Waals surface area (Å²) in [6.45, 7) is 4.98. The van der Waals surface area contributed by atoms with Crippen LogP contribution in [0, 0.1) is 11.2 Å². The second-order valence-electron chi connectivity index (χ2n) is 5.79. The summed E-state index contributed by atoms with van der Waals surface area (Å²) in [6, 6.07) is 5.12. The quantitative estimate of drug-likeness (QED) is 0.901. The summed E-state index contributed by atoms with van der Waals surface area (Å²) in [5.74, 6) is -0.0309. The number of likely N-dealkylation sites (tertiary alicyclic amines) is 1. The highest BCUT2D eigenvalue weighted by Gasteiger charge is 2.33. The lowest BCUT2D eigenvalue weighted by molar-refractivity contribution is 0.0258. The van der Waals surface area contributed by atoms with Gasteiger partial charge in [-0.15, -0.1) is 0 Å². The average molecular weight is 281 g/mol. The van der Waals surface area contributed by atoms with Crippen molar-refractivity contribution >= 4 is 0 Å². The summed E-state index contributed by atoms with van der Waals surface area (Å²) in [7, 11) is 1.47. The molecule has 0 saturated carbocycles. The van der Waals surface area contributed by atoms with E-state index < -0.39 is 0 Å². The van der Waals surface area contributed by atoms with Crippen LogP contribution in [-0.4, -0.2) is 36.8 Å². The first-order chi connectivity index (χ1) is 9.62. The van der Waals surface area contributed by atoms with Crippen molar-refractivity contribution in [1.29, 1.82) is 0 Å². The average Bonchev–Trinajstić information content (AvgIpc) is 2.47. The largest absolute Gasteiger partial charge is 0.494 e. The van der Waals surface area contributed by atoms with Crippen LogP contribution in [0.5, 0.6) is 5.75 Å². The smallest absolute Gasteiger partial charge is 0.165 e. The lowest BCUT2D eigenvalue weighted by Gasteiger charge is -2.41. The number of nitrogens with zero attached hydrogens (tertiary/aromatic N) is 1. The van der Waals surface area contributed by atoms with Gasteiger partial charge in [-0.05, 0) is 43.5 Å². The van der Waals surface area contributed by atoms with Crippen LogP contribution in [0.4, 0.5) is 4.39 Å². The third-order valence-corrected chi connectivity index (χ3v) is 4.45. The number of halogens is 1. The van der Waals surface area contributed by atoms with Gasteiger partial charge in [-0.25, -0.2) is 4.39 Å². The summed E-state index contributed by atoms with van der Waals surface area (Å²) < 4.78 is 18.6. The third-order valence-electron chi connectivity index (χ3n) is 4.45. The summed E-state index contributed by atoms with van der Waals surface area (Å²) in [6.07, 6.45) is 3.15. The Morgan fingerprint density at radius 3 is 2.85 bits per heavy atom. The van der Waals surface area contributed by atoms with Gasteiger partial charge in [0.2, 0.25) is 0 Å². The van der Waals surface area contributed by atoms with Crippen LogP contribution in [0.3, 0.4) is 0 Å². The molecule has 1 aliphatic rings. The van der Waals surface area contributed by atoms with E-state index in [1.54, 1.807) is 12.1 Å². The fraction of sp³-hybridized carbons (Fsp3) is 0.625. The maximum Gasteiger partial charge on any atom is 0.165 e. The van der Waals surface area contributed by atoms with Crippen LogP contribution >= 0.6 is 0 Å². The van der Waals surface area contributed by atoms with Gasteiger partial charge in [0.25, 0.3) is 0 Å². The van der Waals surface area contributed by atoms with Gasteiger partial charge in [0.15, 0.2) is 11.6 Å². The molecule has 1 aliphatic heterocycles. The number of aliphatic hydroxyl groups excluding tert-OH is 1. The molecule has 1 saturated heterocycles. The van der Waals surface area contributed by atoms with Crippen molar-refractivity contribution < 1.29 is 14.2 Å². The zero-order valence-electron chi connectivity index (χ0n) is 12.4. The van der Waals surface area contributed by atoms with Gasteiger partial charge in [-0.2, -0.15) is 0 Å². The predicted molar refractivity (Wildman–Crippen MR) is 77.3 cm³/mol. The summed E-state index contributed by atoms with van der Waals surface area (Å²) in [4.78, 5) is 2.31. The minimum absolute atomic E-state index is 0.0171. The zero-order valence-corrected chi connectivity index (χ0v) is 12.4. The topological polar surface area (TPSA) is 32.7 Å². The normalized spacial score (nSPS) is 23.8. The molecule has 1 N–H and O–H groups in total. The molecule has 20 heavy (non-hydrogen) atoms. The Hall–Kier alpha value is -1.13. The molecule has 0 amide bonds. The minimum atomic E-state index is -0.314. The fourth-order valence-corrected chi connectivity index (χ4v) is 3.04. The minimum Gasteiger partial charge on any atom is -0.494 e. The molecule has 0 aliphatic carbocycles. The Balaban J connectivity index is 2.04. The standard InChI is InChI=1S/C16H24FNO2/c1-3-16(12-19)7-4-8-18(11-16)10-13-5-6-15(20-2)14(17)9-13/h5-6,9,19H,3-4,7-8,10-12H2,1-2H3. The van der Waals surface area contributed by atoms with E-state index in [9.17, 15) is 9.50 Å². The molecule has 1 aromatic rings. The van der Waals surface area contributed by atoms with Crippen molar-refractivity contribution in [2.75, 3.05) is 26.8 Å². The SMILES string of the molecule is CCC1(CO)CCCN(Cc2ccc(OC)c(F)c2)C1. The molecule has 0 radical (unpaired) electrons. The first-order valence-corrected chi connectivity index (χ1v) is 7.28. The van der Waals surface area contributed by atoms with Crippen LogP contribution < -0.4 is 4.74 Å². The van der Waals surface area contributed by atoms with E-state index in [2.05, 4.69) is 11.8 Å². The Bertz CT molecular complexity index is 446. The van der Waals surface area contributed by atoms with Gasteiger partial charge in [-0.1, -0.05) is 13.0 Å². The van der Waals surface area contributed by atoms with E-state index in [0.717, 1.165) is 44.5 Å². The molecule has 2 rings (SSSR count). The molecule has 0 spiro atoms. The molecule has 112 valence electrons. The molecular weight excluding hydrogens is 257 g/mol. The van der Waals surface area contributed by atoms with Gasteiger partial charge in [0.1, 0.15) is 0 Å². The predicted octanol–water partition coefficient (Wildman–Crippen LogP) is 2.82. The molecule has 1 fully saturated rings. The highest BCUT2D eigenvalue weighted by Crippen LogP contribution is 2.33. The molecule has 1 atom stereocenters. The summed E-state index contributed by atoms with van der Waals surface area (Å²) in [5, 5.41) is 9.63. The Morgan fingerprint density at radius 2 is 2.25 bits per heavy atom. The molecule has 0 aromatic heterocycles. The monoisotopic (exact) mass is 281 g/mol.